The number of rotatable bonds is 4. The fraction of sp³-hybridized carbons (Fsp3) is 0.500. The van der Waals surface area contributed by atoms with Gasteiger partial charge in [-0.1, -0.05) is 12.1 Å². The second kappa shape index (κ2) is 6.56. The second-order valence-corrected chi connectivity index (χ2v) is 10.0. The normalized spacial score (nSPS) is 22.7. The van der Waals surface area contributed by atoms with Gasteiger partial charge in [-0.2, -0.15) is 4.31 Å². The van der Waals surface area contributed by atoms with E-state index in [1.165, 1.54) is 0 Å². The Labute approximate surface area is 170 Å². The molecule has 29 heavy (non-hydrogen) atoms. The van der Waals surface area contributed by atoms with Crippen molar-refractivity contribution in [2.75, 3.05) is 31.1 Å². The van der Waals surface area contributed by atoms with Gasteiger partial charge in [-0.05, 0) is 37.8 Å². The topological polar surface area (TPSA) is 76.3 Å². The Hall–Kier alpha value is -2.39. The number of anilines is 1. The van der Waals surface area contributed by atoms with Crippen molar-refractivity contribution in [3.63, 3.8) is 0 Å². The summed E-state index contributed by atoms with van der Waals surface area (Å²) in [6.45, 7) is 7.30. The molecule has 4 heterocycles. The van der Waals surface area contributed by atoms with Gasteiger partial charge in [0.25, 0.3) is 10.0 Å². The fourth-order valence-electron chi connectivity index (χ4n) is 4.78. The van der Waals surface area contributed by atoms with Crippen molar-refractivity contribution < 1.29 is 8.42 Å². The molecule has 9 heteroatoms. The fourth-order valence-corrected chi connectivity index (χ4v) is 6.33. The molecule has 154 valence electrons. The molecule has 2 aliphatic rings. The van der Waals surface area contributed by atoms with E-state index in [-0.39, 0.29) is 5.03 Å². The molecule has 0 radical (unpaired) electrons. The number of fused-ring (bicyclic) bond motifs is 2. The molecule has 2 atom stereocenters. The Morgan fingerprint density at radius 2 is 1.76 bits per heavy atom. The van der Waals surface area contributed by atoms with E-state index in [2.05, 4.69) is 20.5 Å². The zero-order valence-corrected chi connectivity index (χ0v) is 17.8. The zero-order valence-electron chi connectivity index (χ0n) is 17.0. The van der Waals surface area contributed by atoms with Crippen LogP contribution >= 0.6 is 0 Å². The molecule has 2 fully saturated rings. The van der Waals surface area contributed by atoms with Gasteiger partial charge < -0.3 is 14.0 Å². The van der Waals surface area contributed by atoms with Crippen LogP contribution < -0.4 is 4.90 Å². The first-order valence-electron chi connectivity index (χ1n) is 10.1. The number of hydrogen-bond acceptors (Lipinski definition) is 5. The van der Waals surface area contributed by atoms with Crippen molar-refractivity contribution in [2.24, 2.45) is 18.9 Å². The Morgan fingerprint density at radius 3 is 2.38 bits per heavy atom. The lowest BCUT2D eigenvalue weighted by Crippen LogP contribution is -2.34. The molecule has 0 spiro atoms. The summed E-state index contributed by atoms with van der Waals surface area (Å²) in [6.07, 6.45) is 1.66. The van der Waals surface area contributed by atoms with Gasteiger partial charge in [0.15, 0.2) is 5.03 Å². The molecule has 0 saturated carbocycles. The third-order valence-electron chi connectivity index (χ3n) is 6.40. The molecule has 0 aliphatic carbocycles. The maximum absolute atomic E-state index is 13.1. The van der Waals surface area contributed by atoms with Crippen LogP contribution in [0.4, 0.5) is 5.95 Å². The number of aryl methyl sites for hydroxylation is 3. The standard InChI is InChI=1S/C20H26N6O2S/c1-4-24-13-19(21-14(24)2)29(27,28)26-11-15-9-25(10-16(15)12-26)20-22-17-7-5-6-8-18(17)23(20)3/h5-8,13,15-16H,4,9-12H2,1-3H3. The van der Waals surface area contributed by atoms with Gasteiger partial charge in [0.2, 0.25) is 5.95 Å². The summed E-state index contributed by atoms with van der Waals surface area (Å²) in [5.74, 6) is 2.34. The highest BCUT2D eigenvalue weighted by Crippen LogP contribution is 2.36. The highest BCUT2D eigenvalue weighted by Gasteiger charge is 2.45. The number of nitrogens with zero attached hydrogens (tertiary/aromatic N) is 6. The van der Waals surface area contributed by atoms with Gasteiger partial charge in [-0.25, -0.2) is 18.4 Å². The maximum atomic E-state index is 13.1. The van der Waals surface area contributed by atoms with Gasteiger partial charge in [-0.15, -0.1) is 0 Å². The number of benzene rings is 1. The number of hydrogen-bond donors (Lipinski definition) is 0. The molecule has 2 saturated heterocycles. The molecule has 0 N–H and O–H groups in total. The van der Waals surface area contributed by atoms with Crippen LogP contribution in [-0.4, -0.2) is 58.0 Å². The first kappa shape index (κ1) is 18.6. The summed E-state index contributed by atoms with van der Waals surface area (Å²) in [5.41, 5.74) is 2.11. The summed E-state index contributed by atoms with van der Waals surface area (Å²) < 4.78 is 31.8. The van der Waals surface area contributed by atoms with Crippen LogP contribution in [0.1, 0.15) is 12.7 Å². The maximum Gasteiger partial charge on any atom is 0.262 e. The largest absolute Gasteiger partial charge is 0.342 e. The van der Waals surface area contributed by atoms with Crippen LogP contribution in [-0.2, 0) is 23.6 Å². The van der Waals surface area contributed by atoms with Crippen LogP contribution in [0, 0.1) is 18.8 Å². The quantitative estimate of drug-likeness (QED) is 0.651. The number of imidazole rings is 2. The van der Waals surface area contributed by atoms with Crippen LogP contribution in [0.15, 0.2) is 35.5 Å². The molecule has 5 rings (SSSR count). The van der Waals surface area contributed by atoms with E-state index in [0.29, 0.717) is 31.5 Å². The number of para-hydroxylation sites is 2. The molecule has 2 aliphatic heterocycles. The minimum atomic E-state index is -3.54. The average Bonchev–Trinajstić information content (AvgIpc) is 3.43. The smallest absolute Gasteiger partial charge is 0.262 e. The Kier molecular flexibility index (Phi) is 4.22. The Morgan fingerprint density at radius 1 is 1.07 bits per heavy atom. The van der Waals surface area contributed by atoms with Crippen molar-refractivity contribution >= 4 is 27.0 Å². The van der Waals surface area contributed by atoms with Crippen molar-refractivity contribution in [1.82, 2.24) is 23.4 Å². The van der Waals surface area contributed by atoms with Gasteiger partial charge in [-0.3, -0.25) is 0 Å². The lowest BCUT2D eigenvalue weighted by molar-refractivity contribution is 0.450. The van der Waals surface area contributed by atoms with E-state index in [1.54, 1.807) is 10.5 Å². The average molecular weight is 415 g/mol. The zero-order chi connectivity index (χ0) is 20.3. The van der Waals surface area contributed by atoms with E-state index in [9.17, 15) is 8.42 Å². The van der Waals surface area contributed by atoms with Gasteiger partial charge in [0, 0.05) is 46.0 Å². The summed E-state index contributed by atoms with van der Waals surface area (Å²) >= 11 is 0. The molecule has 8 nitrogen and oxygen atoms in total. The van der Waals surface area contributed by atoms with Crippen LogP contribution in [0.25, 0.3) is 11.0 Å². The van der Waals surface area contributed by atoms with Crippen molar-refractivity contribution in [3.05, 3.63) is 36.3 Å². The molecule has 2 unspecified atom stereocenters. The van der Waals surface area contributed by atoms with Crippen molar-refractivity contribution in [3.8, 4) is 0 Å². The van der Waals surface area contributed by atoms with Gasteiger partial charge in [0.05, 0.1) is 11.0 Å². The van der Waals surface area contributed by atoms with Crippen LogP contribution in [0.2, 0.25) is 0 Å². The third-order valence-corrected chi connectivity index (χ3v) is 8.10. The number of aromatic nitrogens is 4. The molecule has 0 amide bonds. The minimum absolute atomic E-state index is 0.170. The summed E-state index contributed by atoms with van der Waals surface area (Å²) in [5, 5.41) is 0.170. The van der Waals surface area contributed by atoms with E-state index in [4.69, 9.17) is 4.98 Å². The molecule has 2 aromatic heterocycles. The summed E-state index contributed by atoms with van der Waals surface area (Å²) in [7, 11) is -1.50. The second-order valence-electron chi connectivity index (χ2n) is 8.12. The Balaban J connectivity index is 1.34. The molecular weight excluding hydrogens is 388 g/mol. The summed E-state index contributed by atoms with van der Waals surface area (Å²) in [4.78, 5) is 11.4. The van der Waals surface area contributed by atoms with Crippen LogP contribution in [0.5, 0.6) is 0 Å². The molecule has 0 bridgehead atoms. The Bertz CT molecular complexity index is 1170. The first-order chi connectivity index (χ1) is 13.9. The van der Waals surface area contributed by atoms with E-state index >= 15 is 0 Å². The monoisotopic (exact) mass is 414 g/mol. The van der Waals surface area contributed by atoms with Crippen molar-refractivity contribution in [2.45, 2.75) is 25.4 Å². The third kappa shape index (κ3) is 2.86. The predicted octanol–water partition coefficient (Wildman–Crippen LogP) is 1.86. The number of sulfonamides is 1. The van der Waals surface area contributed by atoms with Crippen LogP contribution in [0.3, 0.4) is 0 Å². The highest BCUT2D eigenvalue weighted by molar-refractivity contribution is 7.89. The predicted molar refractivity (Wildman–Crippen MR) is 111 cm³/mol. The lowest BCUT2D eigenvalue weighted by atomic mass is 10.0. The molecule has 3 aromatic rings. The molecule has 1 aromatic carbocycles. The SMILES string of the molecule is CCn1cc(S(=O)(=O)N2CC3CN(c4nc5ccccc5n4C)CC3C2)nc1C. The van der Waals surface area contributed by atoms with Gasteiger partial charge in [0.1, 0.15) is 5.82 Å². The van der Waals surface area contributed by atoms with Gasteiger partial charge >= 0.3 is 0 Å². The first-order valence-corrected chi connectivity index (χ1v) is 11.5. The van der Waals surface area contributed by atoms with E-state index in [0.717, 1.165) is 35.9 Å². The molecular formula is C20H26N6O2S. The van der Waals surface area contributed by atoms with E-state index in [1.807, 2.05) is 43.7 Å². The summed E-state index contributed by atoms with van der Waals surface area (Å²) in [6, 6.07) is 8.13. The highest BCUT2D eigenvalue weighted by atomic mass is 32.2. The minimum Gasteiger partial charge on any atom is -0.342 e. The lowest BCUT2D eigenvalue weighted by Gasteiger charge is -2.21. The van der Waals surface area contributed by atoms with Crippen molar-refractivity contribution in [1.29, 1.82) is 0 Å². The van der Waals surface area contributed by atoms with E-state index < -0.39 is 10.0 Å².